The molecule has 0 saturated heterocycles. The number of benzene rings is 1. The molecule has 4 rings (SSSR count). The summed E-state index contributed by atoms with van der Waals surface area (Å²) in [4.78, 5) is 24.5. The van der Waals surface area contributed by atoms with Crippen LogP contribution in [0.1, 0.15) is 16.8 Å². The largest absolute Gasteiger partial charge is 0.334 e. The standard InChI is InChI=1S/C19H18N4OS/c1-13-7-14(2)9-16(8-13)22-11-21-19-23(12-22)18(24)17(25-19)10-15-5-3-4-6-20-15/h3-10H,11-12H2,1-2H3/b17-10-. The molecule has 0 fully saturated rings. The maximum atomic E-state index is 12.8. The van der Waals surface area contributed by atoms with Crippen molar-refractivity contribution in [1.29, 1.82) is 0 Å². The third-order valence-electron chi connectivity index (χ3n) is 4.12. The zero-order chi connectivity index (χ0) is 17.4. The van der Waals surface area contributed by atoms with Gasteiger partial charge in [0.1, 0.15) is 13.3 Å². The van der Waals surface area contributed by atoms with Crippen LogP contribution < -0.4 is 19.8 Å². The molecule has 0 amide bonds. The molecule has 25 heavy (non-hydrogen) atoms. The zero-order valence-electron chi connectivity index (χ0n) is 14.1. The first kappa shape index (κ1) is 15.8. The molecule has 1 aliphatic rings. The second-order valence-electron chi connectivity index (χ2n) is 6.21. The summed E-state index contributed by atoms with van der Waals surface area (Å²) < 4.78 is 2.40. The Hall–Kier alpha value is -2.73. The third-order valence-corrected chi connectivity index (χ3v) is 5.16. The molecule has 0 saturated carbocycles. The van der Waals surface area contributed by atoms with Crippen LogP contribution >= 0.6 is 11.3 Å². The van der Waals surface area contributed by atoms with E-state index in [4.69, 9.17) is 0 Å². The van der Waals surface area contributed by atoms with Gasteiger partial charge in [0.05, 0.1) is 10.2 Å². The first-order valence-electron chi connectivity index (χ1n) is 8.10. The van der Waals surface area contributed by atoms with Crippen LogP contribution in [0.3, 0.4) is 0 Å². The van der Waals surface area contributed by atoms with E-state index in [1.54, 1.807) is 10.8 Å². The molecule has 126 valence electrons. The Kier molecular flexibility index (Phi) is 3.97. The number of rotatable bonds is 2. The summed E-state index contributed by atoms with van der Waals surface area (Å²) in [5.41, 5.74) is 4.29. The summed E-state index contributed by atoms with van der Waals surface area (Å²) >= 11 is 1.42. The van der Waals surface area contributed by atoms with Crippen LogP contribution in [0.5, 0.6) is 0 Å². The van der Waals surface area contributed by atoms with E-state index in [1.807, 2.05) is 24.3 Å². The van der Waals surface area contributed by atoms with E-state index in [1.165, 1.54) is 22.5 Å². The van der Waals surface area contributed by atoms with Gasteiger partial charge in [-0.1, -0.05) is 23.5 Å². The Morgan fingerprint density at radius 1 is 1.16 bits per heavy atom. The van der Waals surface area contributed by atoms with E-state index < -0.39 is 0 Å². The fraction of sp³-hybridized carbons (Fsp3) is 0.211. The van der Waals surface area contributed by atoms with Gasteiger partial charge in [-0.25, -0.2) is 4.99 Å². The highest BCUT2D eigenvalue weighted by atomic mass is 32.1. The Balaban J connectivity index is 1.73. The molecule has 2 aromatic heterocycles. The first-order chi connectivity index (χ1) is 12.1. The van der Waals surface area contributed by atoms with Gasteiger partial charge in [0, 0.05) is 11.9 Å². The molecule has 5 nitrogen and oxygen atoms in total. The molecule has 0 spiro atoms. The van der Waals surface area contributed by atoms with E-state index in [9.17, 15) is 4.79 Å². The molecule has 3 heterocycles. The van der Waals surface area contributed by atoms with Crippen LogP contribution in [-0.4, -0.2) is 16.2 Å². The highest BCUT2D eigenvalue weighted by Gasteiger charge is 2.16. The summed E-state index contributed by atoms with van der Waals surface area (Å²) in [6.45, 7) is 5.25. The average molecular weight is 350 g/mol. The van der Waals surface area contributed by atoms with Crippen molar-refractivity contribution in [1.82, 2.24) is 9.55 Å². The van der Waals surface area contributed by atoms with Crippen molar-refractivity contribution in [3.05, 3.63) is 79.1 Å². The number of pyridine rings is 1. The topological polar surface area (TPSA) is 50.5 Å². The Labute approximate surface area is 149 Å². The number of thiazole rings is 1. The minimum absolute atomic E-state index is 0.0107. The zero-order valence-corrected chi connectivity index (χ0v) is 15.0. The van der Waals surface area contributed by atoms with Gasteiger partial charge in [0.15, 0.2) is 4.80 Å². The lowest BCUT2D eigenvalue weighted by Crippen LogP contribution is -2.42. The van der Waals surface area contributed by atoms with E-state index in [2.05, 4.69) is 46.9 Å². The highest BCUT2D eigenvalue weighted by Crippen LogP contribution is 2.19. The van der Waals surface area contributed by atoms with Gasteiger partial charge in [-0.2, -0.15) is 0 Å². The van der Waals surface area contributed by atoms with Crippen LogP contribution in [0.4, 0.5) is 5.69 Å². The van der Waals surface area contributed by atoms with Crippen LogP contribution in [0.2, 0.25) is 0 Å². The SMILES string of the molecule is Cc1cc(C)cc(N2CN=c3s/c(=C\c4ccccn4)c(=O)n3C2)c1. The predicted molar refractivity (Wildman–Crippen MR) is 100 cm³/mol. The van der Waals surface area contributed by atoms with Gasteiger partial charge in [0.2, 0.25) is 0 Å². The monoisotopic (exact) mass is 350 g/mol. The van der Waals surface area contributed by atoms with Gasteiger partial charge in [0.25, 0.3) is 5.56 Å². The Bertz CT molecular complexity index is 1080. The van der Waals surface area contributed by atoms with Crippen molar-refractivity contribution in [3.8, 4) is 0 Å². The molecule has 0 N–H and O–H groups in total. The second kappa shape index (κ2) is 6.29. The molecular weight excluding hydrogens is 332 g/mol. The maximum Gasteiger partial charge on any atom is 0.271 e. The maximum absolute atomic E-state index is 12.8. The van der Waals surface area contributed by atoms with Crippen molar-refractivity contribution in [2.45, 2.75) is 20.5 Å². The molecule has 0 unspecified atom stereocenters. The Morgan fingerprint density at radius 3 is 2.68 bits per heavy atom. The Morgan fingerprint density at radius 2 is 1.96 bits per heavy atom. The summed E-state index contributed by atoms with van der Waals surface area (Å²) in [6, 6.07) is 12.1. The van der Waals surface area contributed by atoms with E-state index >= 15 is 0 Å². The summed E-state index contributed by atoms with van der Waals surface area (Å²) in [5, 5.41) is 0. The minimum atomic E-state index is -0.0107. The van der Waals surface area contributed by atoms with E-state index in [-0.39, 0.29) is 5.56 Å². The second-order valence-corrected chi connectivity index (χ2v) is 7.22. The van der Waals surface area contributed by atoms with Gasteiger partial charge in [-0.15, -0.1) is 0 Å². The van der Waals surface area contributed by atoms with Crippen molar-refractivity contribution >= 4 is 23.1 Å². The van der Waals surface area contributed by atoms with Gasteiger partial charge >= 0.3 is 0 Å². The number of nitrogens with zero attached hydrogens (tertiary/aromatic N) is 4. The van der Waals surface area contributed by atoms with Crippen molar-refractivity contribution in [3.63, 3.8) is 0 Å². The minimum Gasteiger partial charge on any atom is -0.334 e. The molecule has 0 bridgehead atoms. The fourth-order valence-electron chi connectivity index (χ4n) is 3.00. The average Bonchev–Trinajstić information content (AvgIpc) is 2.90. The summed E-state index contributed by atoms with van der Waals surface area (Å²) in [5.74, 6) is 0. The number of aryl methyl sites for hydroxylation is 2. The van der Waals surface area contributed by atoms with Gasteiger partial charge in [-0.3, -0.25) is 14.3 Å². The van der Waals surface area contributed by atoms with Crippen molar-refractivity contribution < 1.29 is 0 Å². The molecule has 6 heteroatoms. The van der Waals surface area contributed by atoms with Gasteiger partial charge < -0.3 is 4.90 Å². The lowest BCUT2D eigenvalue weighted by Gasteiger charge is -2.26. The predicted octanol–water partition coefficient (Wildman–Crippen LogP) is 1.81. The normalized spacial score (nSPS) is 14.3. The lowest BCUT2D eigenvalue weighted by molar-refractivity contribution is 0.569. The number of hydrogen-bond donors (Lipinski definition) is 0. The van der Waals surface area contributed by atoms with Crippen LogP contribution in [0, 0.1) is 13.8 Å². The van der Waals surface area contributed by atoms with E-state index in [0.29, 0.717) is 17.9 Å². The highest BCUT2D eigenvalue weighted by molar-refractivity contribution is 7.07. The third kappa shape index (κ3) is 3.13. The molecule has 0 aliphatic carbocycles. The van der Waals surface area contributed by atoms with Crippen LogP contribution in [0.25, 0.3) is 6.08 Å². The summed E-state index contributed by atoms with van der Waals surface area (Å²) in [6.07, 6.45) is 3.55. The van der Waals surface area contributed by atoms with Gasteiger partial charge in [-0.05, 0) is 55.3 Å². The molecule has 1 aliphatic heterocycles. The smallest absolute Gasteiger partial charge is 0.271 e. The number of hydrogen-bond acceptors (Lipinski definition) is 5. The number of fused-ring (bicyclic) bond motifs is 1. The molecule has 0 radical (unpaired) electrons. The van der Waals surface area contributed by atoms with Crippen LogP contribution in [0.15, 0.2) is 52.4 Å². The quantitative estimate of drug-likeness (QED) is 0.708. The molecule has 1 aromatic carbocycles. The first-order valence-corrected chi connectivity index (χ1v) is 8.92. The fourth-order valence-corrected chi connectivity index (χ4v) is 3.95. The van der Waals surface area contributed by atoms with Crippen LogP contribution in [-0.2, 0) is 6.67 Å². The molecule has 3 aromatic rings. The van der Waals surface area contributed by atoms with Crippen molar-refractivity contribution in [2.24, 2.45) is 4.99 Å². The number of aromatic nitrogens is 2. The summed E-state index contributed by atoms with van der Waals surface area (Å²) in [7, 11) is 0. The van der Waals surface area contributed by atoms with E-state index in [0.717, 1.165) is 16.2 Å². The number of anilines is 1. The molecule has 0 atom stereocenters. The van der Waals surface area contributed by atoms with Crippen molar-refractivity contribution in [2.75, 3.05) is 11.6 Å². The molecular formula is C19H18N4OS. The lowest BCUT2D eigenvalue weighted by atomic mass is 10.1.